The SMILES string of the molecule is CCN(CC)CCN1C(=O)[C@H](C(C)C)NC12CCN(S(=O)(=O)c1ccc(Cl)c(Cl)c1)CC2. The number of piperidine rings is 1. The highest BCUT2D eigenvalue weighted by molar-refractivity contribution is 7.89. The van der Waals surface area contributed by atoms with Crippen molar-refractivity contribution in [3.05, 3.63) is 28.2 Å². The first-order valence-electron chi connectivity index (χ1n) is 11.3. The molecule has 0 unspecified atom stereocenters. The largest absolute Gasteiger partial charge is 0.322 e. The Morgan fingerprint density at radius 2 is 1.78 bits per heavy atom. The van der Waals surface area contributed by atoms with Gasteiger partial charge in [0.2, 0.25) is 15.9 Å². The fraction of sp³-hybridized carbons (Fsp3) is 0.682. The van der Waals surface area contributed by atoms with Crippen LogP contribution in [0.15, 0.2) is 23.1 Å². The van der Waals surface area contributed by atoms with Crippen LogP contribution in [-0.2, 0) is 14.8 Å². The molecular weight excluding hydrogens is 471 g/mol. The molecule has 0 bridgehead atoms. The van der Waals surface area contributed by atoms with Crippen LogP contribution in [-0.4, -0.2) is 79.4 Å². The van der Waals surface area contributed by atoms with E-state index in [1.165, 1.54) is 22.5 Å². The molecule has 2 heterocycles. The number of hydrogen-bond acceptors (Lipinski definition) is 5. The Bertz CT molecular complexity index is 929. The Morgan fingerprint density at radius 1 is 1.16 bits per heavy atom. The second-order valence-electron chi connectivity index (χ2n) is 8.89. The number of likely N-dealkylation sites (N-methyl/N-ethyl adjacent to an activating group) is 1. The summed E-state index contributed by atoms with van der Waals surface area (Å²) in [7, 11) is -3.69. The van der Waals surface area contributed by atoms with Crippen molar-refractivity contribution in [2.45, 2.75) is 57.1 Å². The Hall–Kier alpha value is -0.900. The van der Waals surface area contributed by atoms with Crippen molar-refractivity contribution in [1.29, 1.82) is 0 Å². The summed E-state index contributed by atoms with van der Waals surface area (Å²) in [5, 5.41) is 4.13. The van der Waals surface area contributed by atoms with Gasteiger partial charge in [-0.25, -0.2) is 8.42 Å². The topological polar surface area (TPSA) is 73.0 Å². The van der Waals surface area contributed by atoms with Crippen molar-refractivity contribution >= 4 is 39.1 Å². The van der Waals surface area contributed by atoms with Gasteiger partial charge in [0.05, 0.1) is 26.6 Å². The lowest BCUT2D eigenvalue weighted by molar-refractivity contribution is -0.134. The molecule has 7 nitrogen and oxygen atoms in total. The molecule has 32 heavy (non-hydrogen) atoms. The molecule has 0 aromatic heterocycles. The van der Waals surface area contributed by atoms with Crippen molar-refractivity contribution in [3.8, 4) is 0 Å². The molecule has 10 heteroatoms. The number of benzene rings is 1. The van der Waals surface area contributed by atoms with Crippen LogP contribution in [0, 0.1) is 5.92 Å². The Labute approximate surface area is 202 Å². The van der Waals surface area contributed by atoms with Crippen LogP contribution >= 0.6 is 23.2 Å². The highest BCUT2D eigenvalue weighted by Gasteiger charge is 2.52. The lowest BCUT2D eigenvalue weighted by Gasteiger charge is -2.44. The summed E-state index contributed by atoms with van der Waals surface area (Å²) in [5.41, 5.74) is -0.511. The van der Waals surface area contributed by atoms with Crippen molar-refractivity contribution in [2.75, 3.05) is 39.3 Å². The van der Waals surface area contributed by atoms with Gasteiger partial charge in [0.1, 0.15) is 0 Å². The number of nitrogens with zero attached hydrogens (tertiary/aromatic N) is 3. The number of carbonyl (C=O) groups excluding carboxylic acids is 1. The molecule has 0 radical (unpaired) electrons. The van der Waals surface area contributed by atoms with Crippen LogP contribution in [0.1, 0.15) is 40.5 Å². The van der Waals surface area contributed by atoms with E-state index in [1.807, 2.05) is 18.7 Å². The monoisotopic (exact) mass is 504 g/mol. The molecule has 1 spiro atoms. The molecule has 3 rings (SSSR count). The third kappa shape index (κ3) is 4.95. The quantitative estimate of drug-likeness (QED) is 0.587. The molecule has 2 aliphatic heterocycles. The average molecular weight is 506 g/mol. The maximum absolute atomic E-state index is 13.3. The van der Waals surface area contributed by atoms with Gasteiger partial charge in [0, 0.05) is 26.2 Å². The Kier molecular flexibility index (Phi) is 8.16. The summed E-state index contributed by atoms with van der Waals surface area (Å²) < 4.78 is 27.8. The van der Waals surface area contributed by atoms with Gasteiger partial charge < -0.3 is 9.80 Å². The van der Waals surface area contributed by atoms with Gasteiger partial charge >= 0.3 is 0 Å². The molecule has 1 atom stereocenters. The second-order valence-corrected chi connectivity index (χ2v) is 11.6. The van der Waals surface area contributed by atoms with E-state index in [1.54, 1.807) is 0 Å². The van der Waals surface area contributed by atoms with Gasteiger partial charge in [-0.15, -0.1) is 0 Å². The van der Waals surface area contributed by atoms with Crippen LogP contribution in [0.3, 0.4) is 0 Å². The predicted molar refractivity (Wildman–Crippen MR) is 128 cm³/mol. The van der Waals surface area contributed by atoms with Gasteiger partial charge in [-0.1, -0.05) is 50.9 Å². The summed E-state index contributed by atoms with van der Waals surface area (Å²) in [6, 6.07) is 4.13. The summed E-state index contributed by atoms with van der Waals surface area (Å²) in [4.78, 5) is 17.7. The third-order valence-electron chi connectivity index (χ3n) is 6.75. The molecule has 1 N–H and O–H groups in total. The third-order valence-corrected chi connectivity index (χ3v) is 9.39. The van der Waals surface area contributed by atoms with E-state index in [-0.39, 0.29) is 27.8 Å². The van der Waals surface area contributed by atoms with E-state index in [4.69, 9.17) is 23.2 Å². The highest BCUT2D eigenvalue weighted by atomic mass is 35.5. The standard InChI is InChI=1S/C22H34Cl2N4O3S/c1-5-26(6-2)13-14-28-21(29)20(16(3)4)25-22(28)9-11-27(12-10-22)32(30,31)17-7-8-18(23)19(24)15-17/h7-8,15-16,20,25H,5-6,9-14H2,1-4H3/t20-/m0/s1. The lowest BCUT2D eigenvalue weighted by atomic mass is 9.97. The second kappa shape index (κ2) is 10.2. The summed E-state index contributed by atoms with van der Waals surface area (Å²) in [6.45, 7) is 12.3. The normalized spacial score (nSPS) is 21.9. The molecule has 2 fully saturated rings. The number of hydrogen-bond donors (Lipinski definition) is 1. The Balaban J connectivity index is 1.79. The van der Waals surface area contributed by atoms with E-state index in [9.17, 15) is 13.2 Å². The summed E-state index contributed by atoms with van der Waals surface area (Å²) >= 11 is 12.0. The van der Waals surface area contributed by atoms with Crippen LogP contribution in [0.5, 0.6) is 0 Å². The number of halogens is 2. The van der Waals surface area contributed by atoms with Crippen LogP contribution in [0.2, 0.25) is 10.0 Å². The van der Waals surface area contributed by atoms with E-state index in [2.05, 4.69) is 24.1 Å². The minimum Gasteiger partial charge on any atom is -0.322 e. The number of rotatable bonds is 8. The first-order chi connectivity index (χ1) is 15.1. The summed E-state index contributed by atoms with van der Waals surface area (Å²) in [6.07, 6.45) is 1.08. The van der Waals surface area contributed by atoms with Gasteiger partial charge in [0.15, 0.2) is 0 Å². The molecule has 2 aliphatic rings. The minimum absolute atomic E-state index is 0.118. The van der Waals surface area contributed by atoms with Crippen LogP contribution < -0.4 is 5.32 Å². The molecule has 180 valence electrons. The zero-order chi connectivity index (χ0) is 23.7. The predicted octanol–water partition coefficient (Wildman–Crippen LogP) is 3.27. The lowest BCUT2D eigenvalue weighted by Crippen LogP contribution is -2.60. The first kappa shape index (κ1) is 25.7. The van der Waals surface area contributed by atoms with Gasteiger partial charge in [-0.3, -0.25) is 10.1 Å². The van der Waals surface area contributed by atoms with Crippen molar-refractivity contribution < 1.29 is 13.2 Å². The van der Waals surface area contributed by atoms with Gasteiger partial charge in [-0.05, 0) is 50.0 Å². The first-order valence-corrected chi connectivity index (χ1v) is 13.5. The Morgan fingerprint density at radius 3 is 2.31 bits per heavy atom. The average Bonchev–Trinajstić information content (AvgIpc) is 3.02. The fourth-order valence-corrected chi connectivity index (χ4v) is 6.49. The smallest absolute Gasteiger partial charge is 0.243 e. The zero-order valence-corrected chi connectivity index (χ0v) is 21.6. The van der Waals surface area contributed by atoms with Crippen molar-refractivity contribution in [3.63, 3.8) is 0 Å². The van der Waals surface area contributed by atoms with E-state index >= 15 is 0 Å². The molecule has 1 aromatic rings. The summed E-state index contributed by atoms with van der Waals surface area (Å²) in [5.74, 6) is 0.281. The molecular formula is C22H34Cl2N4O3S. The van der Waals surface area contributed by atoms with Crippen LogP contribution in [0.4, 0.5) is 0 Å². The van der Waals surface area contributed by atoms with E-state index in [0.29, 0.717) is 37.5 Å². The van der Waals surface area contributed by atoms with E-state index in [0.717, 1.165) is 19.6 Å². The maximum Gasteiger partial charge on any atom is 0.243 e. The number of nitrogens with one attached hydrogen (secondary N) is 1. The van der Waals surface area contributed by atoms with E-state index < -0.39 is 15.7 Å². The van der Waals surface area contributed by atoms with Crippen molar-refractivity contribution in [1.82, 2.24) is 19.4 Å². The molecule has 0 aliphatic carbocycles. The number of sulfonamides is 1. The zero-order valence-electron chi connectivity index (χ0n) is 19.3. The minimum atomic E-state index is -3.69. The highest BCUT2D eigenvalue weighted by Crippen LogP contribution is 2.36. The fourth-order valence-electron chi connectivity index (χ4n) is 4.66. The molecule has 1 amide bonds. The molecule has 0 saturated carbocycles. The molecule has 1 aromatic carbocycles. The van der Waals surface area contributed by atoms with Crippen molar-refractivity contribution in [2.24, 2.45) is 5.92 Å². The molecule has 2 saturated heterocycles. The van der Waals surface area contributed by atoms with Crippen LogP contribution in [0.25, 0.3) is 0 Å². The maximum atomic E-state index is 13.3. The van der Waals surface area contributed by atoms with Gasteiger partial charge in [0.25, 0.3) is 0 Å². The number of carbonyl (C=O) groups is 1. The van der Waals surface area contributed by atoms with Gasteiger partial charge in [-0.2, -0.15) is 4.31 Å². The number of amides is 1.